The Morgan fingerprint density at radius 3 is 2.76 bits per heavy atom. The van der Waals surface area contributed by atoms with Gasteiger partial charge >= 0.3 is 0 Å². The summed E-state index contributed by atoms with van der Waals surface area (Å²) in [5.74, 6) is -3.93. The Labute approximate surface area is 217 Å². The summed E-state index contributed by atoms with van der Waals surface area (Å²) in [5.41, 5.74) is 4.00. The Morgan fingerprint density at radius 2 is 1.95 bits per heavy atom. The minimum Gasteiger partial charge on any atom is -0.376 e. The van der Waals surface area contributed by atoms with Gasteiger partial charge in [0.25, 0.3) is 11.8 Å². The van der Waals surface area contributed by atoms with Crippen LogP contribution in [0.5, 0.6) is 0 Å². The van der Waals surface area contributed by atoms with Crippen LogP contribution in [-0.2, 0) is 27.7 Å². The molecule has 2 aromatic carbocycles. The van der Waals surface area contributed by atoms with Crippen molar-refractivity contribution >= 4 is 26.6 Å². The van der Waals surface area contributed by atoms with Crippen molar-refractivity contribution in [3.8, 4) is 11.3 Å². The number of hydrogen-bond donors (Lipinski definition) is 1. The van der Waals surface area contributed by atoms with E-state index >= 15 is 0 Å². The zero-order valence-corrected chi connectivity index (χ0v) is 21.0. The Hall–Kier alpha value is -3.76. The molecule has 1 aliphatic heterocycles. The molecule has 2 aliphatic rings. The van der Waals surface area contributed by atoms with Gasteiger partial charge in [-0.1, -0.05) is 24.3 Å². The Balaban J connectivity index is 1.20. The molecule has 1 N–H and O–H groups in total. The summed E-state index contributed by atoms with van der Waals surface area (Å²) in [6.45, 7) is 0.410. The highest BCUT2D eigenvalue weighted by Gasteiger charge is 2.57. The first kappa shape index (κ1) is 24.6. The number of nitrogens with one attached hydrogen (secondary N) is 1. The smallest absolute Gasteiger partial charge is 0.255 e. The summed E-state index contributed by atoms with van der Waals surface area (Å²) in [7, 11) is -3.53. The first-order valence-electron chi connectivity index (χ1n) is 12.2. The molecule has 2 aromatic heterocycles. The van der Waals surface area contributed by atoms with Crippen LogP contribution in [0, 0.1) is 0 Å². The lowest BCUT2D eigenvalue weighted by atomic mass is 10.0. The zero-order valence-electron chi connectivity index (χ0n) is 20.2. The summed E-state index contributed by atoms with van der Waals surface area (Å²) < 4.78 is 57.5. The van der Waals surface area contributed by atoms with Gasteiger partial charge in [0.15, 0.2) is 9.84 Å². The lowest BCUT2D eigenvalue weighted by Crippen LogP contribution is -2.23. The number of ether oxygens (including phenoxy) is 1. The Morgan fingerprint density at radius 1 is 1.11 bits per heavy atom. The number of carbonyl (C=O) groups excluding carboxylic acids is 1. The third-order valence-corrected chi connectivity index (χ3v) is 8.64. The number of nitrogens with zero attached hydrogens (tertiary/aromatic N) is 2. The van der Waals surface area contributed by atoms with Crippen molar-refractivity contribution in [1.29, 1.82) is 0 Å². The molecular weight excluding hydrogens is 512 g/mol. The number of aromatic nitrogens is 2. The molecule has 1 saturated carbocycles. The van der Waals surface area contributed by atoms with Crippen LogP contribution in [-0.4, -0.2) is 42.6 Å². The average molecular weight is 536 g/mol. The van der Waals surface area contributed by atoms with Crippen LogP contribution < -0.4 is 5.32 Å². The first-order valence-corrected chi connectivity index (χ1v) is 13.8. The highest BCUT2D eigenvalue weighted by molar-refractivity contribution is 7.91. The van der Waals surface area contributed by atoms with E-state index in [4.69, 9.17) is 9.72 Å². The standard InChI is InChI=1S/C28H23F2N3O4S/c29-28(30)13-23(28)17-2-1-3-18(10-17)24-7-6-20-14-31-22(12-25(20)33-24)15-32-27(34)19-4-5-21-16-37-8-9-38(35,36)26(21)11-19/h1-7,10-12,14,23H,8-9,13,15-16H2,(H,32,34)/t23-/m0/s1. The number of carbonyl (C=O) groups is 1. The molecule has 1 amide bonds. The predicted molar refractivity (Wildman–Crippen MR) is 137 cm³/mol. The molecular formula is C28H23F2N3O4S. The number of alkyl halides is 2. The third kappa shape index (κ3) is 4.77. The number of hydrogen-bond acceptors (Lipinski definition) is 6. The molecule has 0 bridgehead atoms. The summed E-state index contributed by atoms with van der Waals surface area (Å²) in [5, 5.41) is 3.58. The number of fused-ring (bicyclic) bond motifs is 2. The van der Waals surface area contributed by atoms with Crippen molar-refractivity contribution < 1.29 is 26.7 Å². The van der Waals surface area contributed by atoms with Crippen LogP contribution in [0.25, 0.3) is 22.2 Å². The molecule has 0 radical (unpaired) electrons. The number of rotatable bonds is 5. The van der Waals surface area contributed by atoms with Gasteiger partial charge in [-0.15, -0.1) is 0 Å². The van der Waals surface area contributed by atoms with E-state index in [-0.39, 0.29) is 42.4 Å². The fraction of sp³-hybridized carbons (Fsp3) is 0.250. The SMILES string of the molecule is O=C(NCc1cc2nc(-c3cccc([C@@H]4CC4(F)F)c3)ccc2cn1)c1ccc2c(c1)S(=O)(=O)CCOC2. The lowest BCUT2D eigenvalue weighted by molar-refractivity contribution is 0.0949. The maximum atomic E-state index is 13.5. The number of benzene rings is 2. The van der Waals surface area contributed by atoms with Gasteiger partial charge in [-0.25, -0.2) is 22.2 Å². The molecule has 4 aromatic rings. The minimum atomic E-state index is -3.53. The van der Waals surface area contributed by atoms with Gasteiger partial charge < -0.3 is 10.1 Å². The second-order valence-electron chi connectivity index (χ2n) is 9.58. The largest absolute Gasteiger partial charge is 0.376 e. The predicted octanol–water partition coefficient (Wildman–Crippen LogP) is 4.65. The number of pyridine rings is 2. The van der Waals surface area contributed by atoms with Crippen molar-refractivity contribution in [1.82, 2.24) is 15.3 Å². The second kappa shape index (κ2) is 9.21. The lowest BCUT2D eigenvalue weighted by Gasteiger charge is -2.10. The summed E-state index contributed by atoms with van der Waals surface area (Å²) >= 11 is 0. The van der Waals surface area contributed by atoms with Gasteiger partial charge in [0.1, 0.15) is 0 Å². The van der Waals surface area contributed by atoms with Crippen molar-refractivity contribution in [2.24, 2.45) is 0 Å². The highest BCUT2D eigenvalue weighted by Crippen LogP contribution is 2.55. The molecule has 0 saturated heterocycles. The zero-order chi connectivity index (χ0) is 26.5. The molecule has 6 rings (SSSR count). The van der Waals surface area contributed by atoms with Gasteiger partial charge in [-0.2, -0.15) is 0 Å². The third-order valence-electron chi connectivity index (χ3n) is 6.89. The second-order valence-corrected chi connectivity index (χ2v) is 11.7. The van der Waals surface area contributed by atoms with Crippen molar-refractivity contribution in [3.05, 3.63) is 89.2 Å². The van der Waals surface area contributed by atoms with Crippen LogP contribution in [0.4, 0.5) is 8.78 Å². The van der Waals surface area contributed by atoms with Crippen molar-refractivity contribution in [3.63, 3.8) is 0 Å². The van der Waals surface area contributed by atoms with Crippen LogP contribution in [0.1, 0.15) is 39.5 Å². The Kier molecular flexibility index (Phi) is 5.96. The number of halogens is 2. The number of amides is 1. The molecule has 194 valence electrons. The maximum absolute atomic E-state index is 13.5. The van der Waals surface area contributed by atoms with E-state index in [1.54, 1.807) is 42.6 Å². The molecule has 38 heavy (non-hydrogen) atoms. The van der Waals surface area contributed by atoms with Gasteiger partial charge in [-0.3, -0.25) is 9.78 Å². The van der Waals surface area contributed by atoms with Crippen molar-refractivity contribution in [2.75, 3.05) is 12.4 Å². The maximum Gasteiger partial charge on any atom is 0.255 e. The van der Waals surface area contributed by atoms with Crippen LogP contribution >= 0.6 is 0 Å². The summed E-state index contributed by atoms with van der Waals surface area (Å²) in [6.07, 6.45) is 1.53. The summed E-state index contributed by atoms with van der Waals surface area (Å²) in [4.78, 5) is 22.0. The molecule has 1 aliphatic carbocycles. The summed E-state index contributed by atoms with van der Waals surface area (Å²) in [6, 6.07) is 17.1. The molecule has 0 unspecified atom stereocenters. The topological polar surface area (TPSA) is 98.3 Å². The van der Waals surface area contributed by atoms with Crippen molar-refractivity contribution in [2.45, 2.75) is 36.3 Å². The van der Waals surface area contributed by atoms with Crippen LogP contribution in [0.3, 0.4) is 0 Å². The average Bonchev–Trinajstić information content (AvgIpc) is 3.60. The van der Waals surface area contributed by atoms with Crippen LogP contribution in [0.2, 0.25) is 0 Å². The molecule has 1 atom stereocenters. The fourth-order valence-corrected chi connectivity index (χ4v) is 6.03. The first-order chi connectivity index (χ1) is 18.2. The molecule has 3 heterocycles. The quantitative estimate of drug-likeness (QED) is 0.400. The van der Waals surface area contributed by atoms with Gasteiger partial charge in [0.2, 0.25) is 0 Å². The van der Waals surface area contributed by atoms with Gasteiger partial charge in [0, 0.05) is 29.1 Å². The minimum absolute atomic E-state index is 0.111. The number of sulfone groups is 1. The van der Waals surface area contributed by atoms with Gasteiger partial charge in [-0.05, 0) is 47.5 Å². The van der Waals surface area contributed by atoms with E-state index in [2.05, 4.69) is 10.3 Å². The van der Waals surface area contributed by atoms with E-state index in [0.29, 0.717) is 28.0 Å². The van der Waals surface area contributed by atoms with Gasteiger partial charge in [0.05, 0.1) is 53.2 Å². The highest BCUT2D eigenvalue weighted by atomic mass is 32.2. The molecule has 1 fully saturated rings. The Bertz CT molecular complexity index is 1690. The van der Waals surface area contributed by atoms with E-state index in [1.165, 1.54) is 6.07 Å². The van der Waals surface area contributed by atoms with E-state index in [9.17, 15) is 22.0 Å². The molecule has 0 spiro atoms. The molecule has 10 heteroatoms. The van der Waals surface area contributed by atoms with Crippen LogP contribution in [0.15, 0.2) is 71.8 Å². The molecule has 7 nitrogen and oxygen atoms in total. The normalized spacial score (nSPS) is 19.4. The van der Waals surface area contributed by atoms with E-state index in [1.807, 2.05) is 18.2 Å². The fourth-order valence-electron chi connectivity index (χ4n) is 4.64. The van der Waals surface area contributed by atoms with E-state index < -0.39 is 27.6 Å². The van der Waals surface area contributed by atoms with E-state index in [0.717, 1.165) is 10.9 Å². The monoisotopic (exact) mass is 535 g/mol.